The summed E-state index contributed by atoms with van der Waals surface area (Å²) in [5.74, 6) is 0. The quantitative estimate of drug-likeness (QED) is 0.636. The highest BCUT2D eigenvalue weighted by Crippen LogP contribution is 2.01. The zero-order valence-electron chi connectivity index (χ0n) is 8.16. The minimum atomic E-state index is -0.280. The Morgan fingerprint density at radius 3 is 3.14 bits per heavy atom. The molecule has 0 saturated carbocycles. The van der Waals surface area contributed by atoms with E-state index >= 15 is 0 Å². The Morgan fingerprint density at radius 1 is 1.71 bits per heavy atom. The van der Waals surface area contributed by atoms with Crippen molar-refractivity contribution in [1.82, 2.24) is 10.2 Å². The van der Waals surface area contributed by atoms with Gasteiger partial charge in [0, 0.05) is 12.6 Å². The molecule has 0 aliphatic carbocycles. The number of hydrogen-bond acceptors (Lipinski definition) is 4. The van der Waals surface area contributed by atoms with Crippen molar-refractivity contribution in [3.63, 3.8) is 0 Å². The van der Waals surface area contributed by atoms with E-state index in [1.165, 1.54) is 6.07 Å². The minimum absolute atomic E-state index is 0.231. The maximum absolute atomic E-state index is 10.8. The molecule has 1 unspecified atom stereocenters. The van der Waals surface area contributed by atoms with E-state index in [0.29, 0.717) is 18.7 Å². The highest BCUT2D eigenvalue weighted by atomic mass is 16.3. The van der Waals surface area contributed by atoms with Crippen molar-refractivity contribution in [1.29, 1.82) is 0 Å². The molecule has 0 spiro atoms. The second-order valence-electron chi connectivity index (χ2n) is 3.11. The van der Waals surface area contributed by atoms with Crippen molar-refractivity contribution in [2.24, 2.45) is 0 Å². The number of nitrogens with one attached hydrogen (secondary N) is 2. The molecule has 0 bridgehead atoms. The summed E-state index contributed by atoms with van der Waals surface area (Å²) in [5.41, 5.74) is 0.447. The molecule has 78 valence electrons. The average molecular weight is 197 g/mol. The van der Waals surface area contributed by atoms with Crippen LogP contribution in [0.5, 0.6) is 0 Å². The van der Waals surface area contributed by atoms with Crippen LogP contribution in [-0.4, -0.2) is 28.0 Å². The first-order chi connectivity index (χ1) is 6.72. The second-order valence-corrected chi connectivity index (χ2v) is 3.11. The molecular formula is C9H15N3O2. The third-order valence-corrected chi connectivity index (χ3v) is 1.94. The summed E-state index contributed by atoms with van der Waals surface area (Å²) in [6.45, 7) is 2.57. The van der Waals surface area contributed by atoms with E-state index in [1.807, 2.05) is 6.92 Å². The van der Waals surface area contributed by atoms with E-state index in [9.17, 15) is 9.90 Å². The lowest BCUT2D eigenvalue weighted by Crippen LogP contribution is -2.14. The van der Waals surface area contributed by atoms with Gasteiger partial charge >= 0.3 is 0 Å². The summed E-state index contributed by atoms with van der Waals surface area (Å²) in [7, 11) is 0. The largest absolute Gasteiger partial charge is 0.393 e. The van der Waals surface area contributed by atoms with Crippen LogP contribution in [0.25, 0.3) is 0 Å². The lowest BCUT2D eigenvalue weighted by atomic mass is 10.2. The monoisotopic (exact) mass is 197 g/mol. The molecule has 1 rings (SSSR count). The summed E-state index contributed by atoms with van der Waals surface area (Å²) in [6, 6.07) is 1.44. The van der Waals surface area contributed by atoms with Gasteiger partial charge < -0.3 is 10.4 Å². The smallest absolute Gasteiger partial charge is 0.266 e. The van der Waals surface area contributed by atoms with E-state index in [4.69, 9.17) is 0 Å². The Balaban J connectivity index is 2.35. The number of hydrogen-bond donors (Lipinski definition) is 3. The van der Waals surface area contributed by atoms with Crippen LogP contribution in [-0.2, 0) is 0 Å². The number of anilines is 1. The fourth-order valence-corrected chi connectivity index (χ4v) is 1.06. The van der Waals surface area contributed by atoms with Crippen molar-refractivity contribution in [3.8, 4) is 0 Å². The summed E-state index contributed by atoms with van der Waals surface area (Å²) >= 11 is 0. The van der Waals surface area contributed by atoms with Crippen LogP contribution in [0, 0.1) is 0 Å². The number of aromatic nitrogens is 2. The number of H-pyrrole nitrogens is 1. The van der Waals surface area contributed by atoms with E-state index in [-0.39, 0.29) is 11.7 Å². The predicted molar refractivity (Wildman–Crippen MR) is 54.3 cm³/mol. The lowest BCUT2D eigenvalue weighted by molar-refractivity contribution is 0.164. The normalized spacial score (nSPS) is 12.4. The molecule has 0 aliphatic heterocycles. The second kappa shape index (κ2) is 5.39. The van der Waals surface area contributed by atoms with Crippen molar-refractivity contribution >= 4 is 5.69 Å². The molecule has 1 aromatic rings. The molecule has 5 heteroatoms. The Kier molecular flexibility index (Phi) is 4.12. The van der Waals surface area contributed by atoms with Gasteiger partial charge in [0.2, 0.25) is 0 Å². The van der Waals surface area contributed by atoms with Crippen LogP contribution in [0.4, 0.5) is 5.69 Å². The van der Waals surface area contributed by atoms with Gasteiger partial charge in [-0.15, -0.1) is 0 Å². The number of nitrogens with zero attached hydrogens (tertiary/aromatic N) is 1. The molecule has 1 heterocycles. The van der Waals surface area contributed by atoms with Crippen LogP contribution >= 0.6 is 0 Å². The predicted octanol–water partition coefficient (Wildman–Crippen LogP) is 0.343. The summed E-state index contributed by atoms with van der Waals surface area (Å²) < 4.78 is 0. The SMILES string of the molecule is CCC(O)CCNc1cn[nH]c(=O)c1. The zero-order chi connectivity index (χ0) is 10.4. The maximum Gasteiger partial charge on any atom is 0.266 e. The van der Waals surface area contributed by atoms with Crippen LogP contribution in [0.15, 0.2) is 17.1 Å². The standard InChI is InChI=1S/C9H15N3O2/c1-2-8(13)3-4-10-7-5-9(14)12-11-6-7/h5-6,8,13H,2-4H2,1H3,(H2,10,12,14). The van der Waals surface area contributed by atoms with E-state index in [2.05, 4.69) is 15.5 Å². The van der Waals surface area contributed by atoms with Gasteiger partial charge in [0.25, 0.3) is 5.56 Å². The van der Waals surface area contributed by atoms with Crippen LogP contribution < -0.4 is 10.9 Å². The molecule has 5 nitrogen and oxygen atoms in total. The first-order valence-corrected chi connectivity index (χ1v) is 4.69. The molecule has 1 atom stereocenters. The molecule has 0 aromatic carbocycles. The summed E-state index contributed by atoms with van der Waals surface area (Å²) in [5, 5.41) is 18.2. The molecule has 0 fully saturated rings. The Bertz CT molecular complexity index is 324. The first-order valence-electron chi connectivity index (χ1n) is 4.69. The third-order valence-electron chi connectivity index (χ3n) is 1.94. The Morgan fingerprint density at radius 2 is 2.50 bits per heavy atom. The minimum Gasteiger partial charge on any atom is -0.393 e. The van der Waals surface area contributed by atoms with Gasteiger partial charge in [0.15, 0.2) is 0 Å². The molecule has 3 N–H and O–H groups in total. The zero-order valence-corrected chi connectivity index (χ0v) is 8.16. The number of aliphatic hydroxyl groups excluding tert-OH is 1. The fraction of sp³-hybridized carbons (Fsp3) is 0.556. The molecule has 1 aromatic heterocycles. The average Bonchev–Trinajstić information content (AvgIpc) is 2.17. The van der Waals surface area contributed by atoms with Crippen molar-refractivity contribution < 1.29 is 5.11 Å². The van der Waals surface area contributed by atoms with E-state index in [0.717, 1.165) is 6.42 Å². The highest BCUT2D eigenvalue weighted by Gasteiger charge is 1.99. The molecule has 0 amide bonds. The molecule has 0 radical (unpaired) electrons. The van der Waals surface area contributed by atoms with E-state index in [1.54, 1.807) is 6.20 Å². The molecular weight excluding hydrogens is 182 g/mol. The highest BCUT2D eigenvalue weighted by molar-refractivity contribution is 5.38. The third kappa shape index (κ3) is 3.57. The Labute approximate surface area is 82.2 Å². The summed E-state index contributed by atoms with van der Waals surface area (Å²) in [4.78, 5) is 10.8. The van der Waals surface area contributed by atoms with Gasteiger partial charge in [-0.25, -0.2) is 5.10 Å². The van der Waals surface area contributed by atoms with Gasteiger partial charge in [-0.2, -0.15) is 5.10 Å². The van der Waals surface area contributed by atoms with Crippen molar-refractivity contribution in [3.05, 3.63) is 22.6 Å². The van der Waals surface area contributed by atoms with Crippen molar-refractivity contribution in [2.45, 2.75) is 25.9 Å². The fourth-order valence-electron chi connectivity index (χ4n) is 1.06. The van der Waals surface area contributed by atoms with Gasteiger partial charge in [0.05, 0.1) is 18.0 Å². The van der Waals surface area contributed by atoms with Crippen LogP contribution in [0.2, 0.25) is 0 Å². The summed E-state index contributed by atoms with van der Waals surface area (Å²) in [6.07, 6.45) is 2.68. The topological polar surface area (TPSA) is 78.0 Å². The molecule has 14 heavy (non-hydrogen) atoms. The van der Waals surface area contributed by atoms with Gasteiger partial charge in [-0.3, -0.25) is 4.79 Å². The van der Waals surface area contributed by atoms with Gasteiger partial charge in [-0.05, 0) is 12.8 Å². The van der Waals surface area contributed by atoms with Gasteiger partial charge in [-0.1, -0.05) is 6.92 Å². The lowest BCUT2D eigenvalue weighted by Gasteiger charge is -2.08. The first kappa shape index (κ1) is 10.7. The number of aliphatic hydroxyl groups is 1. The van der Waals surface area contributed by atoms with Crippen molar-refractivity contribution in [2.75, 3.05) is 11.9 Å². The van der Waals surface area contributed by atoms with Crippen LogP contribution in [0.1, 0.15) is 19.8 Å². The maximum atomic E-state index is 10.8. The van der Waals surface area contributed by atoms with E-state index < -0.39 is 0 Å². The Hall–Kier alpha value is -1.36. The molecule has 0 aliphatic rings. The van der Waals surface area contributed by atoms with Gasteiger partial charge in [0.1, 0.15) is 0 Å². The molecule has 0 saturated heterocycles. The number of aromatic amines is 1. The number of rotatable bonds is 5. The van der Waals surface area contributed by atoms with Crippen LogP contribution in [0.3, 0.4) is 0 Å².